The molecule has 0 aliphatic carbocycles. The van der Waals surface area contributed by atoms with Gasteiger partial charge in [0.15, 0.2) is 0 Å². The topological polar surface area (TPSA) is 62.7 Å². The van der Waals surface area contributed by atoms with E-state index in [1.54, 1.807) is 0 Å². The van der Waals surface area contributed by atoms with Crippen molar-refractivity contribution >= 4 is 17.4 Å². The quantitative estimate of drug-likeness (QED) is 0.878. The van der Waals surface area contributed by atoms with Gasteiger partial charge in [-0.25, -0.2) is 4.79 Å². The fraction of sp³-hybridized carbons (Fsp3) is 0.429. The van der Waals surface area contributed by atoms with Gasteiger partial charge in [-0.3, -0.25) is 0 Å². The van der Waals surface area contributed by atoms with Crippen molar-refractivity contribution in [2.75, 3.05) is 11.9 Å². The van der Waals surface area contributed by atoms with E-state index in [1.807, 2.05) is 39.0 Å². The second-order valence-corrected chi connectivity index (χ2v) is 4.91. The standard InChI is InChI=1S/C14H19N3O2/c1-9-4-5-10(2)13(6-9)16-14(18)15-8-12-7-11(3)17-19-12/h4-6,12H,7-8H2,1-3H3,(H2,15,16,18). The Bertz CT molecular complexity index is 511. The van der Waals surface area contributed by atoms with Gasteiger partial charge in [-0.15, -0.1) is 0 Å². The first-order valence-corrected chi connectivity index (χ1v) is 6.36. The highest BCUT2D eigenvalue weighted by Gasteiger charge is 2.18. The number of anilines is 1. The molecule has 0 spiro atoms. The summed E-state index contributed by atoms with van der Waals surface area (Å²) in [6.45, 7) is 6.33. The summed E-state index contributed by atoms with van der Waals surface area (Å²) in [6, 6.07) is 5.74. The van der Waals surface area contributed by atoms with Gasteiger partial charge in [-0.1, -0.05) is 17.3 Å². The van der Waals surface area contributed by atoms with E-state index in [0.717, 1.165) is 28.9 Å². The number of hydrogen-bond acceptors (Lipinski definition) is 3. The third-order valence-electron chi connectivity index (χ3n) is 3.01. The van der Waals surface area contributed by atoms with Crippen LogP contribution in [0.3, 0.4) is 0 Å². The predicted octanol–water partition coefficient (Wildman–Crippen LogP) is 2.59. The van der Waals surface area contributed by atoms with Crippen LogP contribution in [0.15, 0.2) is 23.4 Å². The normalized spacial score (nSPS) is 17.6. The van der Waals surface area contributed by atoms with Crippen LogP contribution in [0.4, 0.5) is 10.5 Å². The SMILES string of the molecule is CC1=NOC(CNC(=O)Nc2cc(C)ccc2C)C1. The van der Waals surface area contributed by atoms with Gasteiger partial charge in [0.05, 0.1) is 12.3 Å². The molecule has 0 aromatic heterocycles. The van der Waals surface area contributed by atoms with Crippen molar-refractivity contribution < 1.29 is 9.63 Å². The molecule has 0 bridgehead atoms. The number of carbonyl (C=O) groups excluding carboxylic acids is 1. The number of hydrogen-bond donors (Lipinski definition) is 2. The second kappa shape index (κ2) is 5.73. The van der Waals surface area contributed by atoms with Crippen molar-refractivity contribution in [2.45, 2.75) is 33.3 Å². The smallest absolute Gasteiger partial charge is 0.319 e. The van der Waals surface area contributed by atoms with Crippen LogP contribution in [0, 0.1) is 13.8 Å². The van der Waals surface area contributed by atoms with Crippen LogP contribution in [0.5, 0.6) is 0 Å². The first kappa shape index (κ1) is 13.4. The van der Waals surface area contributed by atoms with E-state index < -0.39 is 0 Å². The van der Waals surface area contributed by atoms with Crippen molar-refractivity contribution in [3.63, 3.8) is 0 Å². The first-order chi connectivity index (χ1) is 9.04. The van der Waals surface area contributed by atoms with Gasteiger partial charge in [0.25, 0.3) is 0 Å². The molecule has 2 N–H and O–H groups in total. The fourth-order valence-corrected chi connectivity index (χ4v) is 1.92. The number of rotatable bonds is 3. The summed E-state index contributed by atoms with van der Waals surface area (Å²) in [7, 11) is 0. The van der Waals surface area contributed by atoms with Crippen LogP contribution in [0.2, 0.25) is 0 Å². The summed E-state index contributed by atoms with van der Waals surface area (Å²) in [4.78, 5) is 17.0. The zero-order valence-corrected chi connectivity index (χ0v) is 11.5. The summed E-state index contributed by atoms with van der Waals surface area (Å²) in [5, 5.41) is 9.49. The molecule has 1 aliphatic heterocycles. The molecule has 1 atom stereocenters. The van der Waals surface area contributed by atoms with Gasteiger partial charge < -0.3 is 15.5 Å². The molecule has 1 aromatic carbocycles. The van der Waals surface area contributed by atoms with Crippen molar-refractivity contribution in [1.82, 2.24) is 5.32 Å². The van der Waals surface area contributed by atoms with Gasteiger partial charge in [-0.2, -0.15) is 0 Å². The molecule has 2 amide bonds. The molecule has 1 aliphatic rings. The van der Waals surface area contributed by atoms with Crippen molar-refractivity contribution in [2.24, 2.45) is 5.16 Å². The number of oxime groups is 1. The number of nitrogens with zero attached hydrogens (tertiary/aromatic N) is 1. The Labute approximate surface area is 113 Å². The van der Waals surface area contributed by atoms with E-state index in [0.29, 0.717) is 6.54 Å². The summed E-state index contributed by atoms with van der Waals surface area (Å²) in [6.07, 6.45) is 0.716. The average Bonchev–Trinajstić information content (AvgIpc) is 2.77. The van der Waals surface area contributed by atoms with E-state index in [9.17, 15) is 4.79 Å². The summed E-state index contributed by atoms with van der Waals surface area (Å²) in [5.41, 5.74) is 3.94. The van der Waals surface area contributed by atoms with E-state index in [4.69, 9.17) is 4.84 Å². The molecule has 0 fully saturated rings. The largest absolute Gasteiger partial charge is 0.390 e. The molecule has 0 radical (unpaired) electrons. The van der Waals surface area contributed by atoms with Crippen molar-refractivity contribution in [3.8, 4) is 0 Å². The van der Waals surface area contributed by atoms with E-state index >= 15 is 0 Å². The lowest BCUT2D eigenvalue weighted by Gasteiger charge is -2.12. The predicted molar refractivity (Wildman–Crippen MR) is 75.5 cm³/mol. The van der Waals surface area contributed by atoms with Crippen LogP contribution in [-0.4, -0.2) is 24.4 Å². The Morgan fingerprint density at radius 3 is 2.89 bits per heavy atom. The highest BCUT2D eigenvalue weighted by Crippen LogP contribution is 2.16. The van der Waals surface area contributed by atoms with Crippen LogP contribution in [0.25, 0.3) is 0 Å². The Kier molecular flexibility index (Phi) is 4.04. The molecule has 1 heterocycles. The lowest BCUT2D eigenvalue weighted by Crippen LogP contribution is -2.35. The molecule has 1 unspecified atom stereocenters. The highest BCUT2D eigenvalue weighted by atomic mass is 16.6. The Hall–Kier alpha value is -2.04. The second-order valence-electron chi connectivity index (χ2n) is 4.91. The number of aryl methyl sites for hydroxylation is 2. The third kappa shape index (κ3) is 3.71. The van der Waals surface area contributed by atoms with Crippen LogP contribution < -0.4 is 10.6 Å². The molecule has 0 saturated heterocycles. The highest BCUT2D eigenvalue weighted by molar-refractivity contribution is 5.90. The summed E-state index contributed by atoms with van der Waals surface area (Å²) >= 11 is 0. The Morgan fingerprint density at radius 2 is 2.21 bits per heavy atom. The molecular formula is C14H19N3O2. The fourth-order valence-electron chi connectivity index (χ4n) is 1.92. The van der Waals surface area contributed by atoms with E-state index in [2.05, 4.69) is 15.8 Å². The van der Waals surface area contributed by atoms with Crippen LogP contribution >= 0.6 is 0 Å². The minimum absolute atomic E-state index is 0.0515. The van der Waals surface area contributed by atoms with Crippen molar-refractivity contribution in [3.05, 3.63) is 29.3 Å². The Morgan fingerprint density at radius 1 is 1.42 bits per heavy atom. The van der Waals surface area contributed by atoms with Crippen LogP contribution in [-0.2, 0) is 4.84 Å². The average molecular weight is 261 g/mol. The molecule has 2 rings (SSSR count). The minimum Gasteiger partial charge on any atom is -0.390 e. The summed E-state index contributed by atoms with van der Waals surface area (Å²) in [5.74, 6) is 0. The maximum atomic E-state index is 11.8. The van der Waals surface area contributed by atoms with Gasteiger partial charge in [0.2, 0.25) is 0 Å². The van der Waals surface area contributed by atoms with Crippen LogP contribution in [0.1, 0.15) is 24.5 Å². The third-order valence-corrected chi connectivity index (χ3v) is 3.01. The maximum absolute atomic E-state index is 11.8. The molecular weight excluding hydrogens is 242 g/mol. The first-order valence-electron chi connectivity index (χ1n) is 6.36. The zero-order valence-electron chi connectivity index (χ0n) is 11.5. The molecule has 5 nitrogen and oxygen atoms in total. The van der Waals surface area contributed by atoms with E-state index in [-0.39, 0.29) is 12.1 Å². The number of carbonyl (C=O) groups is 1. The molecule has 19 heavy (non-hydrogen) atoms. The molecule has 102 valence electrons. The molecule has 1 aromatic rings. The lowest BCUT2D eigenvalue weighted by molar-refractivity contribution is 0.0870. The number of benzene rings is 1. The zero-order chi connectivity index (χ0) is 13.8. The van der Waals surface area contributed by atoms with Crippen molar-refractivity contribution in [1.29, 1.82) is 0 Å². The Balaban J connectivity index is 1.83. The number of urea groups is 1. The van der Waals surface area contributed by atoms with Gasteiger partial charge in [-0.05, 0) is 38.0 Å². The molecule has 5 heteroatoms. The monoisotopic (exact) mass is 261 g/mol. The minimum atomic E-state index is -0.221. The lowest BCUT2D eigenvalue weighted by atomic mass is 10.1. The van der Waals surface area contributed by atoms with Gasteiger partial charge >= 0.3 is 6.03 Å². The number of nitrogens with one attached hydrogen (secondary N) is 2. The summed E-state index contributed by atoms with van der Waals surface area (Å²) < 4.78 is 0. The maximum Gasteiger partial charge on any atom is 0.319 e. The van der Waals surface area contributed by atoms with Gasteiger partial charge in [0.1, 0.15) is 6.10 Å². The number of amides is 2. The van der Waals surface area contributed by atoms with Gasteiger partial charge in [0, 0.05) is 12.1 Å². The van der Waals surface area contributed by atoms with E-state index in [1.165, 1.54) is 0 Å². The molecule has 0 saturated carbocycles.